The van der Waals surface area contributed by atoms with Crippen LogP contribution in [0.2, 0.25) is 0 Å². The first kappa shape index (κ1) is 21.2. The molecule has 2 aromatic carbocycles. The molecule has 4 aromatic rings. The molecule has 5 rings (SSSR count). The highest BCUT2D eigenvalue weighted by Crippen LogP contribution is 2.33. The number of aryl methyl sites for hydroxylation is 1. The summed E-state index contributed by atoms with van der Waals surface area (Å²) in [6, 6.07) is 13.8. The molecule has 1 aliphatic rings. The van der Waals surface area contributed by atoms with E-state index in [1.807, 2.05) is 38.2 Å². The molecule has 33 heavy (non-hydrogen) atoms. The second-order valence-electron chi connectivity index (χ2n) is 8.25. The SMILES string of the molecule is CCCNC(=O)Nc1cccc(-c2nc(N3CCOCC3)c3ccc4c(ccn4C)c3n2)c1. The van der Waals surface area contributed by atoms with Crippen molar-refractivity contribution in [1.29, 1.82) is 0 Å². The first-order chi connectivity index (χ1) is 16.1. The van der Waals surface area contributed by atoms with Gasteiger partial charge in [0.15, 0.2) is 5.82 Å². The van der Waals surface area contributed by atoms with Crippen LogP contribution in [0.25, 0.3) is 33.2 Å². The summed E-state index contributed by atoms with van der Waals surface area (Å²) in [5.74, 6) is 1.56. The minimum absolute atomic E-state index is 0.214. The first-order valence-corrected chi connectivity index (χ1v) is 11.4. The van der Waals surface area contributed by atoms with E-state index in [4.69, 9.17) is 14.7 Å². The zero-order valence-electron chi connectivity index (χ0n) is 19.0. The fraction of sp³-hybridized carbons (Fsp3) is 0.320. The molecule has 0 radical (unpaired) electrons. The molecule has 1 fully saturated rings. The van der Waals surface area contributed by atoms with Crippen molar-refractivity contribution in [3.8, 4) is 11.4 Å². The van der Waals surface area contributed by atoms with Crippen LogP contribution in [0.15, 0.2) is 48.7 Å². The van der Waals surface area contributed by atoms with Crippen molar-refractivity contribution in [2.45, 2.75) is 13.3 Å². The molecule has 8 nitrogen and oxygen atoms in total. The molecule has 0 saturated carbocycles. The number of nitrogens with one attached hydrogen (secondary N) is 2. The number of aromatic nitrogens is 3. The molecule has 0 aliphatic carbocycles. The highest BCUT2D eigenvalue weighted by molar-refractivity contribution is 6.08. The third-order valence-corrected chi connectivity index (χ3v) is 5.93. The van der Waals surface area contributed by atoms with Crippen LogP contribution in [0.4, 0.5) is 16.3 Å². The minimum atomic E-state index is -0.214. The van der Waals surface area contributed by atoms with Crippen LogP contribution >= 0.6 is 0 Å². The highest BCUT2D eigenvalue weighted by Gasteiger charge is 2.20. The Labute approximate surface area is 192 Å². The van der Waals surface area contributed by atoms with Crippen LogP contribution in [0, 0.1) is 0 Å². The van der Waals surface area contributed by atoms with Crippen molar-refractivity contribution in [3.05, 3.63) is 48.7 Å². The van der Waals surface area contributed by atoms with Gasteiger partial charge in [-0.1, -0.05) is 19.1 Å². The van der Waals surface area contributed by atoms with E-state index in [-0.39, 0.29) is 6.03 Å². The monoisotopic (exact) mass is 444 g/mol. The lowest BCUT2D eigenvalue weighted by Crippen LogP contribution is -2.37. The summed E-state index contributed by atoms with van der Waals surface area (Å²) in [6.45, 7) is 5.60. The number of nitrogens with zero attached hydrogens (tertiary/aromatic N) is 4. The van der Waals surface area contributed by atoms with E-state index in [0.29, 0.717) is 31.3 Å². The van der Waals surface area contributed by atoms with E-state index in [1.54, 1.807) is 0 Å². The van der Waals surface area contributed by atoms with Crippen LogP contribution in [0.1, 0.15) is 13.3 Å². The van der Waals surface area contributed by atoms with Gasteiger partial charge < -0.3 is 24.8 Å². The van der Waals surface area contributed by atoms with Gasteiger partial charge in [-0.25, -0.2) is 14.8 Å². The zero-order valence-corrected chi connectivity index (χ0v) is 19.0. The van der Waals surface area contributed by atoms with Gasteiger partial charge in [-0.2, -0.15) is 0 Å². The maximum atomic E-state index is 12.1. The van der Waals surface area contributed by atoms with E-state index in [2.05, 4.69) is 44.5 Å². The number of anilines is 2. The second-order valence-corrected chi connectivity index (χ2v) is 8.25. The summed E-state index contributed by atoms with van der Waals surface area (Å²) in [5.41, 5.74) is 3.62. The van der Waals surface area contributed by atoms with E-state index in [9.17, 15) is 4.79 Å². The summed E-state index contributed by atoms with van der Waals surface area (Å²) in [4.78, 5) is 24.4. The Morgan fingerprint density at radius 1 is 1.09 bits per heavy atom. The van der Waals surface area contributed by atoms with Crippen molar-refractivity contribution in [2.24, 2.45) is 7.05 Å². The van der Waals surface area contributed by atoms with Gasteiger partial charge in [0.1, 0.15) is 5.82 Å². The lowest BCUT2D eigenvalue weighted by atomic mass is 10.1. The fourth-order valence-corrected chi connectivity index (χ4v) is 4.22. The molecule has 3 heterocycles. The van der Waals surface area contributed by atoms with Gasteiger partial charge in [0, 0.05) is 60.4 Å². The second kappa shape index (κ2) is 9.07. The molecule has 0 unspecified atom stereocenters. The van der Waals surface area contributed by atoms with Crippen LogP contribution in [0.5, 0.6) is 0 Å². The lowest BCUT2D eigenvalue weighted by molar-refractivity contribution is 0.122. The number of amides is 2. The van der Waals surface area contributed by atoms with E-state index in [1.165, 1.54) is 0 Å². The fourth-order valence-electron chi connectivity index (χ4n) is 4.22. The van der Waals surface area contributed by atoms with Crippen molar-refractivity contribution in [3.63, 3.8) is 0 Å². The van der Waals surface area contributed by atoms with Gasteiger partial charge in [-0.05, 0) is 36.8 Å². The van der Waals surface area contributed by atoms with Gasteiger partial charge in [0.25, 0.3) is 0 Å². The number of urea groups is 1. The minimum Gasteiger partial charge on any atom is -0.378 e. The maximum absolute atomic E-state index is 12.1. The van der Waals surface area contributed by atoms with Gasteiger partial charge in [0.2, 0.25) is 0 Å². The molecule has 0 atom stereocenters. The Hall–Kier alpha value is -3.65. The number of hydrogen-bond donors (Lipinski definition) is 2. The standard InChI is InChI=1S/C25H28N6O2/c1-3-10-26-25(32)27-18-6-4-5-17(16-18)23-28-22-19-9-11-30(2)21(19)8-7-20(22)24(29-23)31-12-14-33-15-13-31/h4-9,11,16H,3,10,12-15H2,1-2H3,(H2,26,27,32). The molecular formula is C25H28N6O2. The molecule has 1 saturated heterocycles. The Balaban J connectivity index is 1.61. The Morgan fingerprint density at radius 3 is 2.76 bits per heavy atom. The van der Waals surface area contributed by atoms with Crippen molar-refractivity contribution in [1.82, 2.24) is 19.9 Å². The van der Waals surface area contributed by atoms with Gasteiger partial charge in [-0.3, -0.25) is 0 Å². The number of carbonyl (C=O) groups is 1. The van der Waals surface area contributed by atoms with Gasteiger partial charge in [0.05, 0.1) is 18.7 Å². The number of fused-ring (bicyclic) bond motifs is 3. The topological polar surface area (TPSA) is 84.3 Å². The summed E-state index contributed by atoms with van der Waals surface area (Å²) < 4.78 is 7.67. The van der Waals surface area contributed by atoms with Crippen LogP contribution in [0.3, 0.4) is 0 Å². The number of ether oxygens (including phenoxy) is 1. The van der Waals surface area contributed by atoms with Crippen molar-refractivity contribution >= 4 is 39.3 Å². The third kappa shape index (κ3) is 4.21. The molecule has 8 heteroatoms. The summed E-state index contributed by atoms with van der Waals surface area (Å²) in [5, 5.41) is 7.87. The molecule has 2 amide bonds. The molecule has 2 aromatic heterocycles. The molecule has 2 N–H and O–H groups in total. The predicted octanol–water partition coefficient (Wildman–Crippen LogP) is 4.16. The Kier molecular flexibility index (Phi) is 5.83. The number of morpholine rings is 1. The lowest BCUT2D eigenvalue weighted by Gasteiger charge is -2.29. The van der Waals surface area contributed by atoms with Gasteiger partial charge in [-0.15, -0.1) is 0 Å². The molecule has 1 aliphatic heterocycles. The van der Waals surface area contributed by atoms with Crippen LogP contribution < -0.4 is 15.5 Å². The Morgan fingerprint density at radius 2 is 1.94 bits per heavy atom. The molecular weight excluding hydrogens is 416 g/mol. The van der Waals surface area contributed by atoms with E-state index >= 15 is 0 Å². The molecule has 0 bridgehead atoms. The predicted molar refractivity (Wildman–Crippen MR) is 132 cm³/mol. The highest BCUT2D eigenvalue weighted by atomic mass is 16.5. The zero-order chi connectivity index (χ0) is 22.8. The van der Waals surface area contributed by atoms with E-state index in [0.717, 1.165) is 52.7 Å². The number of hydrogen-bond acceptors (Lipinski definition) is 5. The maximum Gasteiger partial charge on any atom is 0.319 e. The molecule has 0 spiro atoms. The number of carbonyl (C=O) groups excluding carboxylic acids is 1. The molecule has 170 valence electrons. The largest absolute Gasteiger partial charge is 0.378 e. The first-order valence-electron chi connectivity index (χ1n) is 11.4. The summed E-state index contributed by atoms with van der Waals surface area (Å²) >= 11 is 0. The number of benzene rings is 2. The normalized spacial score (nSPS) is 14.1. The van der Waals surface area contributed by atoms with Crippen molar-refractivity contribution in [2.75, 3.05) is 43.1 Å². The average molecular weight is 445 g/mol. The van der Waals surface area contributed by atoms with Gasteiger partial charge >= 0.3 is 6.03 Å². The van der Waals surface area contributed by atoms with Crippen LogP contribution in [-0.4, -0.2) is 53.4 Å². The smallest absolute Gasteiger partial charge is 0.319 e. The van der Waals surface area contributed by atoms with Crippen molar-refractivity contribution < 1.29 is 9.53 Å². The third-order valence-electron chi connectivity index (χ3n) is 5.93. The average Bonchev–Trinajstić information content (AvgIpc) is 3.24. The quantitative estimate of drug-likeness (QED) is 0.483. The summed E-state index contributed by atoms with van der Waals surface area (Å²) in [7, 11) is 2.04. The van der Waals surface area contributed by atoms with E-state index < -0.39 is 0 Å². The number of rotatable bonds is 5. The summed E-state index contributed by atoms with van der Waals surface area (Å²) in [6.07, 6.45) is 2.94. The Bertz CT molecular complexity index is 1310. The van der Waals surface area contributed by atoms with Crippen LogP contribution in [-0.2, 0) is 11.8 Å².